The molecule has 3 rings (SSSR count). The van der Waals surface area contributed by atoms with Gasteiger partial charge in [0.1, 0.15) is 5.75 Å². The summed E-state index contributed by atoms with van der Waals surface area (Å²) in [5.74, 6) is -1.02. The highest BCUT2D eigenvalue weighted by molar-refractivity contribution is 6.32. The van der Waals surface area contributed by atoms with Crippen LogP contribution in [0.1, 0.15) is 27.0 Å². The van der Waals surface area contributed by atoms with Gasteiger partial charge in [-0.3, -0.25) is 0 Å². The second-order valence-corrected chi connectivity index (χ2v) is 7.22. The first-order valence-corrected chi connectivity index (χ1v) is 9.51. The Balaban J connectivity index is 1.94. The van der Waals surface area contributed by atoms with Crippen LogP contribution in [0.3, 0.4) is 0 Å². The number of carbonyl (C=O) groups is 1. The van der Waals surface area contributed by atoms with Gasteiger partial charge in [-0.15, -0.1) is 0 Å². The maximum atomic E-state index is 14.0. The summed E-state index contributed by atoms with van der Waals surface area (Å²) in [6.45, 7) is 3.45. The van der Waals surface area contributed by atoms with Crippen LogP contribution in [0.5, 0.6) is 11.6 Å². The number of pyridine rings is 1. The van der Waals surface area contributed by atoms with Crippen LogP contribution in [0.2, 0.25) is 5.02 Å². The van der Waals surface area contributed by atoms with Crippen molar-refractivity contribution < 1.29 is 32.9 Å². The number of alkyl halides is 3. The number of rotatable bonds is 6. The molecule has 6 nitrogen and oxygen atoms in total. The second-order valence-electron chi connectivity index (χ2n) is 6.81. The summed E-state index contributed by atoms with van der Waals surface area (Å²) < 4.78 is 47.5. The molecular formula is C23H14ClF3N2O4. The van der Waals surface area contributed by atoms with E-state index in [0.29, 0.717) is 0 Å². The van der Waals surface area contributed by atoms with Crippen LogP contribution in [0.15, 0.2) is 67.4 Å². The third-order valence-electron chi connectivity index (χ3n) is 4.75. The third kappa shape index (κ3) is 4.67. The summed E-state index contributed by atoms with van der Waals surface area (Å²) in [5, 5.41) is 28.3. The van der Waals surface area contributed by atoms with Crippen molar-refractivity contribution in [3.05, 3.63) is 94.6 Å². The maximum Gasteiger partial charge on any atom is 0.425 e. The van der Waals surface area contributed by atoms with E-state index in [1.54, 1.807) is 6.07 Å². The minimum absolute atomic E-state index is 0.0343. The fourth-order valence-electron chi connectivity index (χ4n) is 2.98. The minimum Gasteiger partial charge on any atom is -0.478 e. The van der Waals surface area contributed by atoms with E-state index >= 15 is 0 Å². The topological polar surface area (TPSA) is 103 Å². The minimum atomic E-state index is -5.15. The molecule has 0 saturated carbocycles. The quantitative estimate of drug-likeness (QED) is 0.484. The van der Waals surface area contributed by atoms with Crippen LogP contribution < -0.4 is 4.74 Å². The van der Waals surface area contributed by atoms with Crippen LogP contribution in [0.25, 0.3) is 5.57 Å². The van der Waals surface area contributed by atoms with Gasteiger partial charge in [0.05, 0.1) is 22.2 Å². The lowest BCUT2D eigenvalue weighted by molar-refractivity contribution is -0.240. The first kappa shape index (κ1) is 23.8. The van der Waals surface area contributed by atoms with Crippen molar-refractivity contribution >= 4 is 23.1 Å². The van der Waals surface area contributed by atoms with Gasteiger partial charge in [0.15, 0.2) is 0 Å². The molecule has 1 heterocycles. The Morgan fingerprint density at radius 2 is 1.79 bits per heavy atom. The Kier molecular flexibility index (Phi) is 6.44. The molecule has 0 spiro atoms. The second kappa shape index (κ2) is 8.94. The number of hydrogen-bond donors (Lipinski definition) is 2. The van der Waals surface area contributed by atoms with Gasteiger partial charge in [-0.2, -0.15) is 18.4 Å². The van der Waals surface area contributed by atoms with Crippen molar-refractivity contribution in [1.29, 1.82) is 5.26 Å². The summed E-state index contributed by atoms with van der Waals surface area (Å²) >= 11 is 6.19. The van der Waals surface area contributed by atoms with E-state index in [0.717, 1.165) is 30.5 Å². The van der Waals surface area contributed by atoms with Gasteiger partial charge in [0.25, 0.3) is 0 Å². The lowest BCUT2D eigenvalue weighted by Crippen LogP contribution is -2.43. The van der Waals surface area contributed by atoms with Gasteiger partial charge in [-0.05, 0) is 47.0 Å². The van der Waals surface area contributed by atoms with Gasteiger partial charge in [0, 0.05) is 18.3 Å². The van der Waals surface area contributed by atoms with E-state index in [9.17, 15) is 23.1 Å². The third-order valence-corrected chi connectivity index (χ3v) is 5.06. The van der Waals surface area contributed by atoms with Gasteiger partial charge in [0.2, 0.25) is 11.5 Å². The van der Waals surface area contributed by atoms with Gasteiger partial charge in [-0.1, -0.05) is 30.3 Å². The van der Waals surface area contributed by atoms with Crippen molar-refractivity contribution in [2.24, 2.45) is 0 Å². The fourth-order valence-corrected chi connectivity index (χ4v) is 3.27. The summed E-state index contributed by atoms with van der Waals surface area (Å²) in [7, 11) is 0. The summed E-state index contributed by atoms with van der Waals surface area (Å²) in [4.78, 5) is 14.7. The average Bonchev–Trinajstić information content (AvgIpc) is 2.78. The smallest absolute Gasteiger partial charge is 0.425 e. The van der Waals surface area contributed by atoms with E-state index in [1.807, 2.05) is 0 Å². The van der Waals surface area contributed by atoms with Crippen molar-refractivity contribution in [2.75, 3.05) is 0 Å². The molecule has 0 aliphatic heterocycles. The number of aromatic carboxylic acids is 1. The molecule has 0 unspecified atom stereocenters. The first-order chi connectivity index (χ1) is 15.5. The molecule has 1 atom stereocenters. The normalized spacial score (nSPS) is 13.0. The van der Waals surface area contributed by atoms with Gasteiger partial charge in [-0.25, -0.2) is 9.78 Å². The van der Waals surface area contributed by atoms with Crippen LogP contribution >= 0.6 is 11.6 Å². The molecular weight excluding hydrogens is 461 g/mol. The molecule has 0 aliphatic rings. The Morgan fingerprint density at radius 3 is 2.27 bits per heavy atom. The van der Waals surface area contributed by atoms with Crippen LogP contribution in [0.4, 0.5) is 13.2 Å². The Hall–Kier alpha value is -3.87. The van der Waals surface area contributed by atoms with Crippen molar-refractivity contribution in [2.45, 2.75) is 11.8 Å². The standard InChI is InChI=1S/C23H14ClF3N2O4/c1-13(22(32,23(25,26)27)16-5-2-14(11-28)3-6-16)18-8-7-17(10-19(18)24)33-20-9-4-15(12-29-20)21(30)31/h2-10,12,32H,1H2,(H,30,31)/t22-/m1/s1. The number of nitrogens with zero attached hydrogens (tertiary/aromatic N) is 2. The maximum absolute atomic E-state index is 14.0. The molecule has 0 saturated heterocycles. The summed E-state index contributed by atoms with van der Waals surface area (Å²) in [6, 6.07) is 12.4. The fraction of sp³-hybridized carbons (Fsp3) is 0.0870. The molecule has 33 heavy (non-hydrogen) atoms. The molecule has 10 heteroatoms. The lowest BCUT2D eigenvalue weighted by Gasteiger charge is -2.33. The number of carboxylic acids is 1. The van der Waals surface area contributed by atoms with E-state index in [1.165, 1.54) is 30.3 Å². The number of aliphatic hydroxyl groups is 1. The van der Waals surface area contributed by atoms with E-state index in [4.69, 9.17) is 26.7 Å². The van der Waals surface area contributed by atoms with Crippen molar-refractivity contribution in [3.63, 3.8) is 0 Å². The highest BCUT2D eigenvalue weighted by Gasteiger charge is 2.57. The molecule has 0 bridgehead atoms. The predicted molar refractivity (Wildman–Crippen MR) is 113 cm³/mol. The highest BCUT2D eigenvalue weighted by Crippen LogP contribution is 2.49. The molecule has 2 aromatic carbocycles. The van der Waals surface area contributed by atoms with E-state index in [-0.39, 0.29) is 33.3 Å². The number of ether oxygens (including phenoxy) is 1. The predicted octanol–water partition coefficient (Wildman–Crippen LogP) is 5.56. The summed E-state index contributed by atoms with van der Waals surface area (Å²) in [6.07, 6.45) is -4.07. The number of nitriles is 1. The molecule has 0 fully saturated rings. The number of hydrogen-bond acceptors (Lipinski definition) is 5. The molecule has 0 aliphatic carbocycles. The monoisotopic (exact) mass is 474 g/mol. The molecule has 2 N–H and O–H groups in total. The summed E-state index contributed by atoms with van der Waals surface area (Å²) in [5.41, 5.74) is -4.83. The Morgan fingerprint density at radius 1 is 1.12 bits per heavy atom. The number of benzene rings is 2. The van der Waals surface area contributed by atoms with Gasteiger partial charge >= 0.3 is 12.1 Å². The zero-order valence-electron chi connectivity index (χ0n) is 16.6. The number of carboxylic acid groups (broad SMARTS) is 1. The largest absolute Gasteiger partial charge is 0.478 e. The van der Waals surface area contributed by atoms with Gasteiger partial charge < -0.3 is 14.9 Å². The Bertz CT molecular complexity index is 1250. The van der Waals surface area contributed by atoms with Crippen LogP contribution in [0, 0.1) is 11.3 Å². The van der Waals surface area contributed by atoms with E-state index in [2.05, 4.69) is 11.6 Å². The Labute approximate surface area is 190 Å². The highest BCUT2D eigenvalue weighted by atomic mass is 35.5. The lowest BCUT2D eigenvalue weighted by atomic mass is 9.82. The molecule has 3 aromatic rings. The average molecular weight is 475 g/mol. The van der Waals surface area contributed by atoms with Crippen molar-refractivity contribution in [3.8, 4) is 17.7 Å². The SMILES string of the molecule is C=C(c1ccc(Oc2ccc(C(=O)O)cn2)cc1Cl)[C@@](O)(c1ccc(C#N)cc1)C(F)(F)F. The molecule has 0 amide bonds. The molecule has 1 aromatic heterocycles. The molecule has 168 valence electrons. The van der Waals surface area contributed by atoms with E-state index < -0.39 is 28.9 Å². The zero-order valence-corrected chi connectivity index (χ0v) is 17.4. The number of aromatic nitrogens is 1. The van der Waals surface area contributed by atoms with Crippen LogP contribution in [-0.2, 0) is 5.60 Å². The number of halogens is 4. The first-order valence-electron chi connectivity index (χ1n) is 9.13. The molecule has 0 radical (unpaired) electrons. The van der Waals surface area contributed by atoms with Crippen molar-refractivity contribution in [1.82, 2.24) is 4.98 Å². The zero-order chi connectivity index (χ0) is 24.4. The van der Waals surface area contributed by atoms with Crippen LogP contribution in [-0.4, -0.2) is 27.3 Å².